The lowest BCUT2D eigenvalue weighted by Gasteiger charge is -2.23. The molecular weight excluding hydrogens is 592 g/mol. The largest absolute Gasteiger partial charge is 0.353 e. The second-order valence-electron chi connectivity index (χ2n) is 12.5. The van der Waals surface area contributed by atoms with Gasteiger partial charge in [0.1, 0.15) is 10.7 Å². The van der Waals surface area contributed by atoms with Crippen molar-refractivity contribution in [1.29, 1.82) is 0 Å². The second kappa shape index (κ2) is 9.37. The molecule has 0 saturated heterocycles. The van der Waals surface area contributed by atoms with Gasteiger partial charge in [-0.1, -0.05) is 0 Å². The molecule has 16 bridgehead atoms. The lowest BCUT2D eigenvalue weighted by Crippen LogP contribution is -2.00. The first-order valence-electron chi connectivity index (χ1n) is 16.0. The number of hydrogen-bond donors (Lipinski definition) is 6. The fourth-order valence-electron chi connectivity index (χ4n) is 7.22. The average molecular weight is 619 g/mol. The molecule has 0 atom stereocenters. The zero-order valence-corrected chi connectivity index (χ0v) is 25.4. The van der Waals surface area contributed by atoms with E-state index in [1.807, 2.05) is 12.1 Å². The summed E-state index contributed by atoms with van der Waals surface area (Å²) < 4.78 is 0. The molecule has 1 aliphatic carbocycles. The predicted molar refractivity (Wildman–Crippen MR) is 195 cm³/mol. The lowest BCUT2D eigenvalue weighted by molar-refractivity contribution is 1.25. The standard InChI is InChI=1S/C40H26N8/c1-2-22-6-10-26(42-22)30-14-18-34(46-30)38-37(33-17-13-29(45-33)25-9-5-21(1)41-25)39-35-19-15-31(47-35)27-11-7-23(43-27)3-4-24-8-12-28(44-24)32-16-20-36(48-32)40(38)39/h1-20,41,43,45-48H/q+2. The molecule has 0 spiro atoms. The van der Waals surface area contributed by atoms with Crippen LogP contribution >= 0.6 is 0 Å². The molecule has 0 fully saturated rings. The van der Waals surface area contributed by atoms with Crippen LogP contribution in [-0.4, -0.2) is 39.9 Å². The number of nitrogens with one attached hydrogen (secondary N) is 6. The third kappa shape index (κ3) is 3.77. The monoisotopic (exact) mass is 618 g/mol. The van der Waals surface area contributed by atoms with E-state index in [1.54, 1.807) is 0 Å². The quantitative estimate of drug-likeness (QED) is 0.0992. The van der Waals surface area contributed by atoms with Gasteiger partial charge in [-0.2, -0.15) is 0 Å². The smallest absolute Gasteiger partial charge is 0.186 e. The SMILES string of the molecule is C1=Cc2nc1ccc1[nH]c(c3ccc([nH]3)c3c4c5ccc([nH]5)c5[nH]c(ccc6nc(c7ccc([nH]7)c-4c-3c3ccc2[nH]3)C=C6)=C[CH+]5)[CH+]C=1. The fraction of sp³-hybridized carbons (Fsp3) is 0. The van der Waals surface area contributed by atoms with Gasteiger partial charge in [0.25, 0.3) is 0 Å². The van der Waals surface area contributed by atoms with Gasteiger partial charge >= 0.3 is 0 Å². The van der Waals surface area contributed by atoms with Crippen LogP contribution in [0.3, 0.4) is 0 Å². The maximum absolute atomic E-state index is 4.91. The van der Waals surface area contributed by atoms with E-state index < -0.39 is 0 Å². The van der Waals surface area contributed by atoms with Crippen molar-refractivity contribution in [2.45, 2.75) is 0 Å². The molecule has 7 aliphatic rings. The van der Waals surface area contributed by atoms with Crippen molar-refractivity contribution in [3.8, 4) is 22.3 Å². The van der Waals surface area contributed by atoms with Crippen molar-refractivity contribution in [2.24, 2.45) is 0 Å². The van der Waals surface area contributed by atoms with Gasteiger partial charge in [-0.15, -0.1) is 0 Å². The molecule has 0 amide bonds. The van der Waals surface area contributed by atoms with Gasteiger partial charge in [0.15, 0.2) is 22.4 Å². The highest BCUT2D eigenvalue weighted by Gasteiger charge is 2.30. The molecule has 224 valence electrons. The van der Waals surface area contributed by atoms with Crippen molar-refractivity contribution in [2.75, 3.05) is 0 Å². The van der Waals surface area contributed by atoms with E-state index in [9.17, 15) is 0 Å². The molecule has 0 aromatic carbocycles. The highest BCUT2D eigenvalue weighted by molar-refractivity contribution is 6.21. The first kappa shape index (κ1) is 25.4. The van der Waals surface area contributed by atoms with Gasteiger partial charge in [-0.05, 0) is 72.8 Å². The summed E-state index contributed by atoms with van der Waals surface area (Å²) in [5.74, 6) is 0. The van der Waals surface area contributed by atoms with Crippen LogP contribution in [0.25, 0.3) is 103 Å². The number of rotatable bonds is 0. The van der Waals surface area contributed by atoms with Crippen molar-refractivity contribution < 1.29 is 0 Å². The van der Waals surface area contributed by atoms with Crippen LogP contribution in [0.15, 0.2) is 72.8 Å². The molecule has 48 heavy (non-hydrogen) atoms. The molecule has 6 aliphatic heterocycles. The number of H-pyrrole nitrogens is 6. The van der Waals surface area contributed by atoms with Gasteiger partial charge in [0.2, 0.25) is 0 Å². The topological polar surface area (TPSA) is 121 Å². The molecule has 0 unspecified atom stereocenters. The van der Waals surface area contributed by atoms with Gasteiger partial charge in [0.05, 0.1) is 69.8 Å². The van der Waals surface area contributed by atoms with Crippen LogP contribution in [0.5, 0.6) is 0 Å². The van der Waals surface area contributed by atoms with Gasteiger partial charge in [0, 0.05) is 57.6 Å². The second-order valence-corrected chi connectivity index (χ2v) is 12.5. The Bertz CT molecular complexity index is 2760. The molecule has 0 radical (unpaired) electrons. The van der Waals surface area contributed by atoms with Gasteiger partial charge in [-0.3, -0.25) is 9.97 Å². The molecule has 8 heteroatoms. The molecule has 4 aromatic heterocycles. The number of aromatic nitrogens is 8. The third-order valence-corrected chi connectivity index (χ3v) is 9.56. The first-order valence-corrected chi connectivity index (χ1v) is 16.0. The van der Waals surface area contributed by atoms with Crippen LogP contribution in [0.4, 0.5) is 0 Å². The summed E-state index contributed by atoms with van der Waals surface area (Å²) in [5, 5.41) is 2.03. The van der Waals surface area contributed by atoms with E-state index in [4.69, 9.17) is 9.97 Å². The van der Waals surface area contributed by atoms with Crippen molar-refractivity contribution in [3.05, 3.63) is 130 Å². The maximum Gasteiger partial charge on any atom is 0.186 e. The molecule has 0 saturated carbocycles. The number of aromatic amines is 6. The number of nitrogens with zero attached hydrogens (tertiary/aromatic N) is 2. The Morgan fingerprint density at radius 3 is 1.17 bits per heavy atom. The Balaban J connectivity index is 1.33. The average Bonchev–Trinajstić information content (AvgIpc) is 3.91. The summed E-state index contributed by atoms with van der Waals surface area (Å²) in [6.45, 7) is 0. The van der Waals surface area contributed by atoms with E-state index in [0.29, 0.717) is 0 Å². The minimum Gasteiger partial charge on any atom is -0.353 e. The van der Waals surface area contributed by atoms with E-state index in [-0.39, 0.29) is 0 Å². The highest BCUT2D eigenvalue weighted by atomic mass is 14.8. The lowest BCUT2D eigenvalue weighted by atomic mass is 9.80. The zero-order chi connectivity index (χ0) is 31.3. The van der Waals surface area contributed by atoms with Crippen molar-refractivity contribution in [3.63, 3.8) is 0 Å². The molecule has 4 aromatic rings. The molecular formula is C40H26N8+2. The Labute approximate surface area is 272 Å². The summed E-state index contributed by atoms with van der Waals surface area (Å²) in [4.78, 5) is 31.9. The Morgan fingerprint density at radius 1 is 0.354 bits per heavy atom. The third-order valence-electron chi connectivity index (χ3n) is 9.56. The summed E-state index contributed by atoms with van der Waals surface area (Å²) >= 11 is 0. The Hall–Kier alpha value is -6.80. The summed E-state index contributed by atoms with van der Waals surface area (Å²) in [5.41, 5.74) is 18.3. The first-order chi connectivity index (χ1) is 23.7. The maximum atomic E-state index is 4.91. The van der Waals surface area contributed by atoms with Crippen LogP contribution in [0.1, 0.15) is 34.2 Å². The normalized spacial score (nSPS) is 13.5. The minimum absolute atomic E-state index is 0.907. The number of fused-ring (bicyclic) bond motifs is 28. The van der Waals surface area contributed by atoms with Gasteiger partial charge in [-0.25, -0.2) is 9.97 Å². The number of hydrogen-bond acceptors (Lipinski definition) is 2. The van der Waals surface area contributed by atoms with Crippen LogP contribution in [-0.2, 0) is 0 Å². The molecule has 10 heterocycles. The zero-order valence-electron chi connectivity index (χ0n) is 25.4. The van der Waals surface area contributed by atoms with E-state index in [0.717, 1.165) is 111 Å². The highest BCUT2D eigenvalue weighted by Crippen LogP contribution is 2.53. The van der Waals surface area contributed by atoms with Crippen molar-refractivity contribution >= 4 is 80.6 Å². The fourth-order valence-corrected chi connectivity index (χ4v) is 7.22. The minimum atomic E-state index is 0.907. The Kier molecular flexibility index (Phi) is 4.96. The molecule has 6 N–H and O–H groups in total. The van der Waals surface area contributed by atoms with Gasteiger partial charge < -0.3 is 19.9 Å². The van der Waals surface area contributed by atoms with E-state index in [2.05, 4.69) is 140 Å². The summed E-state index contributed by atoms with van der Waals surface area (Å²) in [6.07, 6.45) is 16.7. The van der Waals surface area contributed by atoms with E-state index >= 15 is 0 Å². The van der Waals surface area contributed by atoms with Crippen LogP contribution in [0, 0.1) is 12.8 Å². The van der Waals surface area contributed by atoms with E-state index in [1.165, 1.54) is 0 Å². The van der Waals surface area contributed by atoms with Crippen LogP contribution in [0.2, 0.25) is 0 Å². The predicted octanol–water partition coefficient (Wildman–Crippen LogP) is 7.43. The molecule has 8 nitrogen and oxygen atoms in total. The summed E-state index contributed by atoms with van der Waals surface area (Å²) in [6, 6.07) is 25.4. The molecule has 11 rings (SSSR count). The van der Waals surface area contributed by atoms with Crippen molar-refractivity contribution in [1.82, 2.24) is 39.9 Å². The summed E-state index contributed by atoms with van der Waals surface area (Å²) in [7, 11) is 0. The van der Waals surface area contributed by atoms with Crippen LogP contribution < -0.4 is 10.7 Å². The Morgan fingerprint density at radius 2 is 0.729 bits per heavy atom.